The van der Waals surface area contributed by atoms with Crippen molar-refractivity contribution < 1.29 is 4.79 Å². The SMILES string of the molecule is Cc1cccc(C(=O)Cc2ncnn2C)c1I. The van der Waals surface area contributed by atoms with E-state index in [1.807, 2.05) is 25.1 Å². The van der Waals surface area contributed by atoms with Crippen LogP contribution in [0.25, 0.3) is 0 Å². The Hall–Kier alpha value is -1.24. The van der Waals surface area contributed by atoms with Crippen LogP contribution in [0.1, 0.15) is 21.7 Å². The number of carbonyl (C=O) groups is 1. The van der Waals surface area contributed by atoms with Gasteiger partial charge in [0.25, 0.3) is 0 Å². The Balaban J connectivity index is 2.27. The quantitative estimate of drug-likeness (QED) is 0.635. The molecule has 5 heteroatoms. The van der Waals surface area contributed by atoms with E-state index in [9.17, 15) is 4.79 Å². The Morgan fingerprint density at radius 2 is 2.24 bits per heavy atom. The minimum absolute atomic E-state index is 0.0780. The molecule has 0 spiro atoms. The Bertz CT molecular complexity index is 563. The molecule has 4 nitrogen and oxygen atoms in total. The lowest BCUT2D eigenvalue weighted by Crippen LogP contribution is -2.10. The highest BCUT2D eigenvalue weighted by molar-refractivity contribution is 14.1. The van der Waals surface area contributed by atoms with Gasteiger partial charge in [-0.2, -0.15) is 5.10 Å². The van der Waals surface area contributed by atoms with E-state index in [-0.39, 0.29) is 12.2 Å². The molecule has 0 bridgehead atoms. The van der Waals surface area contributed by atoms with Gasteiger partial charge in [0.05, 0.1) is 6.42 Å². The minimum Gasteiger partial charge on any atom is -0.294 e. The van der Waals surface area contributed by atoms with Gasteiger partial charge in [0.1, 0.15) is 12.2 Å². The maximum Gasteiger partial charge on any atom is 0.171 e. The molecule has 0 saturated carbocycles. The second-order valence-corrected chi connectivity index (χ2v) is 4.92. The van der Waals surface area contributed by atoms with Gasteiger partial charge in [0.2, 0.25) is 0 Å². The van der Waals surface area contributed by atoms with Crippen LogP contribution in [-0.4, -0.2) is 20.5 Å². The molecule has 0 N–H and O–H groups in total. The zero-order valence-corrected chi connectivity index (χ0v) is 11.8. The molecule has 0 aliphatic carbocycles. The van der Waals surface area contributed by atoms with Gasteiger partial charge in [-0.1, -0.05) is 18.2 Å². The molecule has 88 valence electrons. The molecule has 0 fully saturated rings. The highest BCUT2D eigenvalue weighted by atomic mass is 127. The molecule has 0 saturated heterocycles. The van der Waals surface area contributed by atoms with Gasteiger partial charge in [0, 0.05) is 16.2 Å². The summed E-state index contributed by atoms with van der Waals surface area (Å²) in [5.41, 5.74) is 1.88. The summed E-state index contributed by atoms with van der Waals surface area (Å²) in [6.07, 6.45) is 1.75. The van der Waals surface area contributed by atoms with Crippen LogP contribution in [-0.2, 0) is 13.5 Å². The lowest BCUT2D eigenvalue weighted by atomic mass is 10.1. The van der Waals surface area contributed by atoms with Crippen molar-refractivity contribution in [2.75, 3.05) is 0 Å². The van der Waals surface area contributed by atoms with Crippen molar-refractivity contribution in [2.45, 2.75) is 13.3 Å². The van der Waals surface area contributed by atoms with E-state index in [0.29, 0.717) is 5.82 Å². The van der Waals surface area contributed by atoms with Crippen LogP contribution in [0.2, 0.25) is 0 Å². The number of nitrogens with zero attached hydrogens (tertiary/aromatic N) is 3. The summed E-state index contributed by atoms with van der Waals surface area (Å²) in [6, 6.07) is 5.76. The van der Waals surface area contributed by atoms with E-state index in [2.05, 4.69) is 32.7 Å². The summed E-state index contributed by atoms with van der Waals surface area (Å²) in [4.78, 5) is 16.2. The molecule has 0 aliphatic rings. The van der Waals surface area contributed by atoms with E-state index in [0.717, 1.165) is 14.7 Å². The fraction of sp³-hybridized carbons (Fsp3) is 0.250. The lowest BCUT2D eigenvalue weighted by Gasteiger charge is -2.05. The third-order valence-electron chi connectivity index (χ3n) is 2.62. The monoisotopic (exact) mass is 341 g/mol. The third kappa shape index (κ3) is 2.54. The van der Waals surface area contributed by atoms with Crippen LogP contribution in [0.4, 0.5) is 0 Å². The maximum absolute atomic E-state index is 12.2. The van der Waals surface area contributed by atoms with Gasteiger partial charge in [-0.25, -0.2) is 4.98 Å². The van der Waals surface area contributed by atoms with E-state index in [1.54, 1.807) is 11.7 Å². The first-order chi connectivity index (χ1) is 8.09. The number of ketones is 1. The fourth-order valence-corrected chi connectivity index (χ4v) is 2.24. The Labute approximate surface area is 113 Å². The first-order valence-electron chi connectivity index (χ1n) is 5.21. The molecular formula is C12H12IN3O. The Kier molecular flexibility index (Phi) is 3.56. The van der Waals surface area contributed by atoms with Crippen molar-refractivity contribution in [1.29, 1.82) is 0 Å². The maximum atomic E-state index is 12.2. The van der Waals surface area contributed by atoms with E-state index >= 15 is 0 Å². The molecule has 1 aromatic heterocycles. The molecule has 1 aromatic carbocycles. The summed E-state index contributed by atoms with van der Waals surface area (Å²) in [6.45, 7) is 2.00. The fourth-order valence-electron chi connectivity index (χ4n) is 1.58. The number of Topliss-reactive ketones (excluding diaryl/α,β-unsaturated/α-hetero) is 1. The van der Waals surface area contributed by atoms with Crippen molar-refractivity contribution in [3.05, 3.63) is 45.0 Å². The first kappa shape index (κ1) is 12.2. The van der Waals surface area contributed by atoms with Crippen molar-refractivity contribution >= 4 is 28.4 Å². The number of hydrogen-bond donors (Lipinski definition) is 0. The molecule has 0 atom stereocenters. The number of rotatable bonds is 3. The highest BCUT2D eigenvalue weighted by Crippen LogP contribution is 2.18. The number of carbonyl (C=O) groups excluding carboxylic acids is 1. The van der Waals surface area contributed by atoms with Gasteiger partial charge in [0.15, 0.2) is 5.78 Å². The summed E-state index contributed by atoms with van der Waals surface area (Å²) >= 11 is 2.21. The zero-order chi connectivity index (χ0) is 12.4. The number of halogens is 1. The average molecular weight is 341 g/mol. The highest BCUT2D eigenvalue weighted by Gasteiger charge is 2.14. The second-order valence-electron chi connectivity index (χ2n) is 3.84. The molecule has 0 amide bonds. The molecule has 0 aliphatic heterocycles. The van der Waals surface area contributed by atoms with E-state index in [1.165, 1.54) is 6.33 Å². The van der Waals surface area contributed by atoms with Gasteiger partial charge in [-0.05, 0) is 35.1 Å². The largest absolute Gasteiger partial charge is 0.294 e. The number of aromatic nitrogens is 3. The number of benzene rings is 1. The van der Waals surface area contributed by atoms with E-state index in [4.69, 9.17) is 0 Å². The molecular weight excluding hydrogens is 329 g/mol. The molecule has 0 unspecified atom stereocenters. The van der Waals surface area contributed by atoms with E-state index < -0.39 is 0 Å². The smallest absolute Gasteiger partial charge is 0.171 e. The summed E-state index contributed by atoms with van der Waals surface area (Å²) < 4.78 is 2.64. The molecule has 17 heavy (non-hydrogen) atoms. The third-order valence-corrected chi connectivity index (χ3v) is 4.05. The van der Waals surface area contributed by atoms with Crippen molar-refractivity contribution in [3.63, 3.8) is 0 Å². The molecule has 1 heterocycles. The van der Waals surface area contributed by atoms with Crippen LogP contribution in [0.5, 0.6) is 0 Å². The number of hydrogen-bond acceptors (Lipinski definition) is 3. The van der Waals surface area contributed by atoms with Crippen LogP contribution in [0.15, 0.2) is 24.5 Å². The summed E-state index contributed by atoms with van der Waals surface area (Å²) in [5, 5.41) is 3.95. The average Bonchev–Trinajstić information content (AvgIpc) is 2.68. The summed E-state index contributed by atoms with van der Waals surface area (Å²) in [7, 11) is 1.79. The Morgan fingerprint density at radius 1 is 1.47 bits per heavy atom. The predicted octanol–water partition coefficient (Wildman–Crippen LogP) is 2.15. The van der Waals surface area contributed by atoms with Crippen molar-refractivity contribution in [3.8, 4) is 0 Å². The normalized spacial score (nSPS) is 10.5. The molecule has 2 aromatic rings. The standard InChI is InChI=1S/C12H12IN3O/c1-8-4-3-5-9(12(8)13)10(17)6-11-14-7-15-16(11)2/h3-5,7H,6H2,1-2H3. The molecule has 2 rings (SSSR count). The van der Waals surface area contributed by atoms with Crippen molar-refractivity contribution in [1.82, 2.24) is 14.8 Å². The minimum atomic E-state index is 0.0780. The Morgan fingerprint density at radius 3 is 2.88 bits per heavy atom. The van der Waals surface area contributed by atoms with Crippen LogP contribution < -0.4 is 0 Å². The molecule has 0 radical (unpaired) electrons. The zero-order valence-electron chi connectivity index (χ0n) is 9.64. The van der Waals surface area contributed by atoms with Gasteiger partial charge in [-0.3, -0.25) is 9.48 Å². The van der Waals surface area contributed by atoms with Crippen LogP contribution in [0.3, 0.4) is 0 Å². The topological polar surface area (TPSA) is 47.8 Å². The van der Waals surface area contributed by atoms with Gasteiger partial charge >= 0.3 is 0 Å². The van der Waals surface area contributed by atoms with Gasteiger partial charge < -0.3 is 0 Å². The van der Waals surface area contributed by atoms with Crippen molar-refractivity contribution in [2.24, 2.45) is 7.05 Å². The first-order valence-corrected chi connectivity index (χ1v) is 6.28. The van der Waals surface area contributed by atoms with Crippen LogP contribution in [0, 0.1) is 10.5 Å². The second kappa shape index (κ2) is 4.95. The van der Waals surface area contributed by atoms with Gasteiger partial charge in [-0.15, -0.1) is 0 Å². The lowest BCUT2D eigenvalue weighted by molar-refractivity contribution is 0.0988. The number of aryl methyl sites for hydroxylation is 2. The van der Waals surface area contributed by atoms with Crippen LogP contribution >= 0.6 is 22.6 Å². The summed E-state index contributed by atoms with van der Waals surface area (Å²) in [5.74, 6) is 0.765. The predicted molar refractivity (Wildman–Crippen MR) is 72.9 cm³/mol.